The van der Waals surface area contributed by atoms with Gasteiger partial charge in [-0.05, 0) is 297 Å². The molecule has 0 atom stereocenters. The van der Waals surface area contributed by atoms with Gasteiger partial charge in [0.15, 0.2) is 0 Å². The van der Waals surface area contributed by atoms with Crippen LogP contribution in [0.2, 0.25) is 0 Å². The van der Waals surface area contributed by atoms with Gasteiger partial charge in [0.2, 0.25) is 0 Å². The summed E-state index contributed by atoms with van der Waals surface area (Å²) in [7, 11) is 13.5. The van der Waals surface area contributed by atoms with Crippen molar-refractivity contribution in [3.8, 4) is 46.0 Å². The summed E-state index contributed by atoms with van der Waals surface area (Å²) in [5.41, 5.74) is 11.4. The SMILES string of the molecule is COc1ccc(N(c2ccc(OC)cc2)c2ccc3c4ccc(N(c5ccc(OC)cc5)c5ccc(OC)cc5)cc4c4c5cc(N(c6ccc(OC)cc6)c6ccc(OC)cc6)ccc5c5ccc(N(c6ccc(OC)cc6)c6ccc(OC)cc6)cc5c4c3c2)cc1. The summed E-state index contributed by atoms with van der Waals surface area (Å²) in [6.45, 7) is 0. The maximum absolute atomic E-state index is 5.73. The lowest BCUT2D eigenvalue weighted by Gasteiger charge is -2.29. The van der Waals surface area contributed by atoms with E-state index in [1.807, 2.05) is 97.1 Å². The summed E-state index contributed by atoms with van der Waals surface area (Å²) in [5.74, 6) is 6.08. The number of fused-ring (bicyclic) bond motifs is 11. The molecule has 0 bridgehead atoms. The highest BCUT2D eigenvalue weighted by Gasteiger charge is 2.25. The van der Waals surface area contributed by atoms with Gasteiger partial charge in [0.1, 0.15) is 46.0 Å². The number of anilines is 12. The zero-order chi connectivity index (χ0) is 64.4. The second-order valence-corrected chi connectivity index (χ2v) is 22.6. The minimum Gasteiger partial charge on any atom is -0.497 e. The zero-order valence-electron chi connectivity index (χ0n) is 53.5. The molecule has 0 unspecified atom stereocenters. The summed E-state index contributed by atoms with van der Waals surface area (Å²) >= 11 is 0. The molecule has 12 nitrogen and oxygen atoms in total. The quantitative estimate of drug-likeness (QED) is 0.0681. The Hall–Kier alpha value is -12.0. The first-order valence-corrected chi connectivity index (χ1v) is 30.9. The van der Waals surface area contributed by atoms with Gasteiger partial charge in [0.05, 0.1) is 56.9 Å². The van der Waals surface area contributed by atoms with Gasteiger partial charge in [-0.1, -0.05) is 24.3 Å². The van der Waals surface area contributed by atoms with Crippen molar-refractivity contribution in [2.45, 2.75) is 0 Å². The molecule has 0 heterocycles. The van der Waals surface area contributed by atoms with E-state index in [4.69, 9.17) is 37.9 Å². The van der Waals surface area contributed by atoms with E-state index in [1.165, 1.54) is 0 Å². The second kappa shape index (κ2) is 25.7. The first-order chi connectivity index (χ1) is 46.2. The number of benzene rings is 14. The van der Waals surface area contributed by atoms with Gasteiger partial charge in [0.25, 0.3) is 0 Å². The van der Waals surface area contributed by atoms with Crippen molar-refractivity contribution >= 4 is 122 Å². The van der Waals surface area contributed by atoms with E-state index in [1.54, 1.807) is 56.9 Å². The fourth-order valence-electron chi connectivity index (χ4n) is 12.9. The van der Waals surface area contributed by atoms with Crippen LogP contribution in [-0.2, 0) is 0 Å². The normalized spacial score (nSPS) is 11.2. The largest absolute Gasteiger partial charge is 0.497 e. The number of hydrogen-bond donors (Lipinski definition) is 0. The van der Waals surface area contributed by atoms with Gasteiger partial charge >= 0.3 is 0 Å². The van der Waals surface area contributed by atoms with E-state index in [-0.39, 0.29) is 0 Å². The van der Waals surface area contributed by atoms with Crippen molar-refractivity contribution in [1.29, 1.82) is 0 Å². The second-order valence-electron chi connectivity index (χ2n) is 22.6. The summed E-state index contributed by atoms with van der Waals surface area (Å²) < 4.78 is 45.8. The lowest BCUT2D eigenvalue weighted by atomic mass is 9.86. The Morgan fingerprint density at radius 2 is 0.277 bits per heavy atom. The fraction of sp³-hybridized carbons (Fsp3) is 0.0976. The molecule has 14 aromatic carbocycles. The predicted molar refractivity (Wildman–Crippen MR) is 385 cm³/mol. The Bertz CT molecular complexity index is 4210. The van der Waals surface area contributed by atoms with Crippen LogP contribution in [0.15, 0.2) is 267 Å². The molecule has 0 fully saturated rings. The summed E-state index contributed by atoms with van der Waals surface area (Å²) in [6, 6.07) is 93.3. The third-order valence-corrected chi connectivity index (χ3v) is 17.6. The standard InChI is InChI=1S/C82H68N4O8/c1-87-65-29-9-53(10-30-65)83(54-11-31-66(88-2)32-12-54)61-25-45-73-74-46-26-63(85(57-17-37-69(91-5)38-18-57)58-19-39-70(92-6)40-20-58)51-79(74)82-80-52-64(86(59-21-41-71(93-7)42-22-59)60-23-43-72(94-8)44-24-60)28-48-76(80)75-47-27-62(50-78(75)81(82)77(73)49-61)84(55-13-33-67(89-3)34-14-55)56-15-35-68(90-4)36-16-56/h9-52H,1-8H3. The summed E-state index contributed by atoms with van der Waals surface area (Å²) in [5, 5.41) is 10.6. The molecule has 0 N–H and O–H groups in total. The summed E-state index contributed by atoms with van der Waals surface area (Å²) in [6.07, 6.45) is 0. The Balaban J connectivity index is 1.15. The van der Waals surface area contributed by atoms with Crippen LogP contribution in [0.1, 0.15) is 0 Å². The maximum Gasteiger partial charge on any atom is 0.119 e. The number of hydrogen-bond acceptors (Lipinski definition) is 12. The Kier molecular flexibility index (Phi) is 16.3. The predicted octanol–water partition coefficient (Wildman–Crippen LogP) is 21.4. The van der Waals surface area contributed by atoms with Gasteiger partial charge in [0, 0.05) is 68.2 Å². The third kappa shape index (κ3) is 11.1. The number of nitrogens with zero attached hydrogens (tertiary/aromatic N) is 4. The van der Waals surface area contributed by atoms with E-state index in [0.717, 1.165) is 168 Å². The molecule has 0 aliphatic carbocycles. The molecule has 0 saturated carbocycles. The van der Waals surface area contributed by atoms with Crippen molar-refractivity contribution in [3.05, 3.63) is 267 Å². The highest BCUT2D eigenvalue weighted by Crippen LogP contribution is 2.51. The zero-order valence-corrected chi connectivity index (χ0v) is 53.5. The van der Waals surface area contributed by atoms with Gasteiger partial charge in [-0.25, -0.2) is 0 Å². The van der Waals surface area contributed by atoms with Crippen molar-refractivity contribution in [2.24, 2.45) is 0 Å². The molecule has 12 heteroatoms. The van der Waals surface area contributed by atoms with E-state index >= 15 is 0 Å². The molecule has 0 amide bonds. The molecular formula is C82H68N4O8. The Morgan fingerprint density at radius 3 is 0.404 bits per heavy atom. The van der Waals surface area contributed by atoms with Crippen LogP contribution in [0, 0.1) is 0 Å². The number of ether oxygens (including phenoxy) is 8. The lowest BCUT2D eigenvalue weighted by Crippen LogP contribution is -2.11. The molecule has 0 aliphatic rings. The molecular weight excluding hydrogens is 1170 g/mol. The van der Waals surface area contributed by atoms with Crippen molar-refractivity contribution in [1.82, 2.24) is 0 Å². The van der Waals surface area contributed by atoms with Gasteiger partial charge in [-0.3, -0.25) is 0 Å². The van der Waals surface area contributed by atoms with Crippen LogP contribution in [-0.4, -0.2) is 56.9 Å². The number of rotatable bonds is 20. The van der Waals surface area contributed by atoms with Crippen LogP contribution in [0.3, 0.4) is 0 Å². The van der Waals surface area contributed by atoms with E-state index in [0.29, 0.717) is 0 Å². The molecule has 14 aromatic rings. The lowest BCUT2D eigenvalue weighted by molar-refractivity contribution is 0.414. The van der Waals surface area contributed by atoms with Crippen LogP contribution in [0.25, 0.3) is 53.9 Å². The Morgan fingerprint density at radius 1 is 0.149 bits per heavy atom. The van der Waals surface area contributed by atoms with Crippen LogP contribution < -0.4 is 57.5 Å². The molecule has 0 saturated heterocycles. The molecule has 14 rings (SSSR count). The van der Waals surface area contributed by atoms with Gasteiger partial charge in [-0.2, -0.15) is 0 Å². The summed E-state index contributed by atoms with van der Waals surface area (Å²) in [4.78, 5) is 9.18. The fourth-order valence-corrected chi connectivity index (χ4v) is 12.9. The minimum absolute atomic E-state index is 0.760. The Labute approximate surface area is 546 Å². The molecule has 464 valence electrons. The molecule has 0 aliphatic heterocycles. The highest BCUT2D eigenvalue weighted by atomic mass is 16.5. The van der Waals surface area contributed by atoms with Gasteiger partial charge in [-0.15, -0.1) is 0 Å². The minimum atomic E-state index is 0.760. The third-order valence-electron chi connectivity index (χ3n) is 17.6. The van der Waals surface area contributed by atoms with Crippen LogP contribution in [0.4, 0.5) is 68.2 Å². The maximum atomic E-state index is 5.73. The molecule has 0 spiro atoms. The van der Waals surface area contributed by atoms with Crippen molar-refractivity contribution in [3.63, 3.8) is 0 Å². The van der Waals surface area contributed by atoms with Crippen molar-refractivity contribution < 1.29 is 37.9 Å². The van der Waals surface area contributed by atoms with E-state index in [9.17, 15) is 0 Å². The molecule has 0 aromatic heterocycles. The first-order valence-electron chi connectivity index (χ1n) is 30.9. The monoisotopic (exact) mass is 1240 g/mol. The van der Waals surface area contributed by atoms with Gasteiger partial charge < -0.3 is 57.5 Å². The van der Waals surface area contributed by atoms with E-state index in [2.05, 4.69) is 189 Å². The average molecular weight is 1240 g/mol. The smallest absolute Gasteiger partial charge is 0.119 e. The first kappa shape index (κ1) is 59.6. The van der Waals surface area contributed by atoms with Crippen molar-refractivity contribution in [2.75, 3.05) is 76.5 Å². The highest BCUT2D eigenvalue weighted by molar-refractivity contribution is 6.40. The molecule has 94 heavy (non-hydrogen) atoms. The van der Waals surface area contributed by atoms with Crippen LogP contribution >= 0.6 is 0 Å². The average Bonchev–Trinajstić information content (AvgIpc) is 0.704. The van der Waals surface area contributed by atoms with Crippen LogP contribution in [0.5, 0.6) is 46.0 Å². The number of methoxy groups -OCH3 is 8. The topological polar surface area (TPSA) is 86.8 Å². The molecule has 0 radical (unpaired) electrons. The van der Waals surface area contributed by atoms with E-state index < -0.39 is 0 Å².